The van der Waals surface area contributed by atoms with Crippen LogP contribution in [-0.4, -0.2) is 67.4 Å². The second kappa shape index (κ2) is 15.8. The fraction of sp³-hybridized carbons (Fsp3) is 0.273. The second-order valence-corrected chi connectivity index (χ2v) is 11.9. The van der Waals surface area contributed by atoms with Crippen molar-refractivity contribution in [3.63, 3.8) is 0 Å². The van der Waals surface area contributed by atoms with E-state index in [9.17, 15) is 37.5 Å². The molecule has 1 atom stereocenters. The zero-order valence-electron chi connectivity index (χ0n) is 26.5. The number of ether oxygens (including phenoxy) is 1. The summed E-state index contributed by atoms with van der Waals surface area (Å²) in [5.41, 5.74) is 1.36. The zero-order chi connectivity index (χ0) is 36.6. The van der Waals surface area contributed by atoms with Crippen LogP contribution in [0.25, 0.3) is 0 Å². The van der Waals surface area contributed by atoms with E-state index in [-0.39, 0.29) is 30.4 Å². The molecule has 2 amide bonds. The number of aromatic nitrogens is 4. The molecule has 2 aromatic carbocycles. The van der Waals surface area contributed by atoms with Gasteiger partial charge in [-0.1, -0.05) is 29.8 Å². The lowest BCUT2D eigenvalue weighted by Gasteiger charge is -2.19. The maximum absolute atomic E-state index is 12.9. The van der Waals surface area contributed by atoms with E-state index in [1.54, 1.807) is 30.5 Å². The van der Waals surface area contributed by atoms with E-state index >= 15 is 0 Å². The van der Waals surface area contributed by atoms with Gasteiger partial charge in [-0.25, -0.2) is 4.79 Å². The maximum atomic E-state index is 12.9. The zero-order valence-corrected chi connectivity index (χ0v) is 27.3. The summed E-state index contributed by atoms with van der Waals surface area (Å²) in [4.78, 5) is 65.3. The van der Waals surface area contributed by atoms with Gasteiger partial charge >= 0.3 is 18.2 Å². The van der Waals surface area contributed by atoms with E-state index in [1.807, 2.05) is 12.1 Å². The van der Waals surface area contributed by atoms with Crippen LogP contribution in [0.4, 0.5) is 30.8 Å². The van der Waals surface area contributed by atoms with Crippen LogP contribution in [0, 0.1) is 0 Å². The molecule has 51 heavy (non-hydrogen) atoms. The third-order valence-corrected chi connectivity index (χ3v) is 7.83. The summed E-state index contributed by atoms with van der Waals surface area (Å²) in [7, 11) is 0. The lowest BCUT2D eigenvalue weighted by molar-refractivity contribution is -0.154. The first kappa shape index (κ1) is 36.4. The number of carboxylic acids is 1. The standard InChI is InChI=1S/C33H30ClF3N8O6/c34-22-7-5-21(6-8-22)32(13-14-32)45-30-42-29(43-31(44-30)51-18-33(35,36)37)40-23-9-3-20(4-10-23)26(47)41-24(28(49)50)11-12-25(46)27(48)39-17-19-2-1-15-38-16-19/h1-10,15-16,24H,11-14,17-18H2,(H,39,48)(H,41,47)(H,49,50)(H2,40,42,43,44,45)/t24-/m1/s1. The molecular formula is C33H30ClF3N8O6. The third-order valence-electron chi connectivity index (χ3n) is 7.57. The van der Waals surface area contributed by atoms with Gasteiger partial charge in [0, 0.05) is 41.6 Å². The number of Topliss-reactive ketones (excluding diaryl/α,β-unsaturated/α-hetero) is 1. The monoisotopic (exact) mass is 726 g/mol. The van der Waals surface area contributed by atoms with Crippen molar-refractivity contribution in [2.24, 2.45) is 0 Å². The molecule has 0 bridgehead atoms. The Labute approximate surface area is 293 Å². The van der Waals surface area contributed by atoms with Gasteiger partial charge in [-0.2, -0.15) is 28.1 Å². The highest BCUT2D eigenvalue weighted by Crippen LogP contribution is 2.48. The molecule has 0 aliphatic heterocycles. The van der Waals surface area contributed by atoms with Crippen molar-refractivity contribution in [1.82, 2.24) is 30.6 Å². The van der Waals surface area contributed by atoms with Gasteiger partial charge in [0.1, 0.15) is 6.04 Å². The molecule has 2 heterocycles. The Morgan fingerprint density at radius 1 is 0.961 bits per heavy atom. The molecule has 0 spiro atoms. The average Bonchev–Trinajstić information content (AvgIpc) is 3.88. The highest BCUT2D eigenvalue weighted by molar-refractivity contribution is 6.36. The molecule has 5 rings (SSSR count). The quantitative estimate of drug-likeness (QED) is 0.101. The number of pyridine rings is 1. The number of nitrogens with zero attached hydrogens (tertiary/aromatic N) is 4. The number of amides is 2. The fourth-order valence-electron chi connectivity index (χ4n) is 4.78. The number of nitrogens with one attached hydrogen (secondary N) is 4. The maximum Gasteiger partial charge on any atom is 0.422 e. The summed E-state index contributed by atoms with van der Waals surface area (Å²) < 4.78 is 43.5. The average molecular weight is 727 g/mol. The summed E-state index contributed by atoms with van der Waals surface area (Å²) in [6.07, 6.45) is -0.940. The number of hydrogen-bond acceptors (Lipinski definition) is 11. The van der Waals surface area contributed by atoms with Gasteiger partial charge in [0.05, 0.1) is 5.54 Å². The lowest BCUT2D eigenvalue weighted by Crippen LogP contribution is -2.41. The Morgan fingerprint density at radius 3 is 2.29 bits per heavy atom. The molecule has 1 aliphatic carbocycles. The number of benzene rings is 2. The Kier molecular flexibility index (Phi) is 11.3. The van der Waals surface area contributed by atoms with Gasteiger partial charge < -0.3 is 31.1 Å². The predicted molar refractivity (Wildman–Crippen MR) is 176 cm³/mol. The number of anilines is 3. The number of carboxylic acid groups (broad SMARTS) is 1. The summed E-state index contributed by atoms with van der Waals surface area (Å²) in [6, 6.07) is 14.0. The van der Waals surface area contributed by atoms with E-state index in [2.05, 4.69) is 41.2 Å². The van der Waals surface area contributed by atoms with Gasteiger partial charge in [-0.3, -0.25) is 19.4 Å². The Hall–Kier alpha value is -5.84. The number of aliphatic carboxylic acids is 1. The molecule has 1 aliphatic rings. The topological polar surface area (TPSA) is 197 Å². The molecule has 2 aromatic heterocycles. The Balaban J connectivity index is 1.21. The number of hydrogen-bond donors (Lipinski definition) is 5. The molecule has 4 aromatic rings. The number of carbonyl (C=O) groups excluding carboxylic acids is 3. The fourth-order valence-corrected chi connectivity index (χ4v) is 4.90. The highest BCUT2D eigenvalue weighted by Gasteiger charge is 2.45. The SMILES string of the molecule is O=C(CC[C@@H](NC(=O)c1ccc(Nc2nc(NC3(c4ccc(Cl)cc4)CC3)nc(OCC(F)(F)F)n2)cc1)C(=O)O)C(=O)NCc1cccnc1. The van der Waals surface area contributed by atoms with Gasteiger partial charge in [-0.05, 0) is 72.9 Å². The van der Waals surface area contributed by atoms with E-state index in [0.29, 0.717) is 29.1 Å². The van der Waals surface area contributed by atoms with Crippen molar-refractivity contribution in [3.05, 3.63) is 94.8 Å². The predicted octanol–water partition coefficient (Wildman–Crippen LogP) is 4.55. The van der Waals surface area contributed by atoms with Crippen molar-refractivity contribution < 1.29 is 42.2 Å². The van der Waals surface area contributed by atoms with Crippen LogP contribution in [0.5, 0.6) is 6.01 Å². The molecule has 0 saturated heterocycles. The van der Waals surface area contributed by atoms with Gasteiger partial charge in [0.25, 0.3) is 11.8 Å². The number of carbonyl (C=O) groups is 4. The summed E-state index contributed by atoms with van der Waals surface area (Å²) in [6.45, 7) is -1.57. The van der Waals surface area contributed by atoms with Crippen molar-refractivity contribution in [2.75, 3.05) is 17.2 Å². The van der Waals surface area contributed by atoms with E-state index < -0.39 is 60.4 Å². The Morgan fingerprint density at radius 2 is 1.67 bits per heavy atom. The normalized spacial score (nSPS) is 13.7. The molecule has 5 N–H and O–H groups in total. The minimum Gasteiger partial charge on any atom is -0.480 e. The first-order valence-corrected chi connectivity index (χ1v) is 15.8. The molecular weight excluding hydrogens is 697 g/mol. The molecule has 0 unspecified atom stereocenters. The van der Waals surface area contributed by atoms with Crippen LogP contribution in [0.15, 0.2) is 73.1 Å². The van der Waals surface area contributed by atoms with Crippen LogP contribution in [0.3, 0.4) is 0 Å². The minimum absolute atomic E-state index is 0.0442. The second-order valence-electron chi connectivity index (χ2n) is 11.5. The third kappa shape index (κ3) is 10.6. The molecule has 1 saturated carbocycles. The van der Waals surface area contributed by atoms with Gasteiger partial charge in [-0.15, -0.1) is 0 Å². The smallest absolute Gasteiger partial charge is 0.422 e. The van der Waals surface area contributed by atoms with E-state index in [4.69, 9.17) is 16.3 Å². The van der Waals surface area contributed by atoms with Crippen molar-refractivity contribution in [3.8, 4) is 6.01 Å². The van der Waals surface area contributed by atoms with Crippen LogP contribution in [0.2, 0.25) is 5.02 Å². The van der Waals surface area contributed by atoms with Crippen molar-refractivity contribution >= 4 is 52.8 Å². The first-order chi connectivity index (χ1) is 24.3. The first-order valence-electron chi connectivity index (χ1n) is 15.4. The van der Waals surface area contributed by atoms with Crippen molar-refractivity contribution in [1.29, 1.82) is 0 Å². The Bertz CT molecular complexity index is 1880. The minimum atomic E-state index is -4.64. The van der Waals surface area contributed by atoms with E-state index in [1.165, 1.54) is 30.5 Å². The molecule has 14 nitrogen and oxygen atoms in total. The largest absolute Gasteiger partial charge is 0.480 e. The molecule has 1 fully saturated rings. The highest BCUT2D eigenvalue weighted by atomic mass is 35.5. The molecule has 18 heteroatoms. The van der Waals surface area contributed by atoms with Gasteiger partial charge in [0.2, 0.25) is 17.7 Å². The number of ketones is 1. The lowest BCUT2D eigenvalue weighted by atomic mass is 10.1. The van der Waals surface area contributed by atoms with Crippen LogP contribution in [-0.2, 0) is 26.5 Å². The van der Waals surface area contributed by atoms with E-state index in [0.717, 1.165) is 5.56 Å². The summed E-state index contributed by atoms with van der Waals surface area (Å²) >= 11 is 6.01. The summed E-state index contributed by atoms with van der Waals surface area (Å²) in [5, 5.41) is 20.9. The summed E-state index contributed by atoms with van der Waals surface area (Å²) in [5.74, 6) is -4.13. The van der Waals surface area contributed by atoms with Gasteiger partial charge in [0.15, 0.2) is 6.61 Å². The van der Waals surface area contributed by atoms with Crippen molar-refractivity contribution in [2.45, 2.75) is 50.0 Å². The molecule has 0 radical (unpaired) electrons. The number of rotatable bonds is 16. The molecule has 266 valence electrons. The number of alkyl halides is 3. The van der Waals surface area contributed by atoms with Crippen LogP contribution < -0.4 is 26.0 Å². The van der Waals surface area contributed by atoms with Crippen LogP contribution >= 0.6 is 11.6 Å². The number of halogens is 4. The van der Waals surface area contributed by atoms with Crippen LogP contribution in [0.1, 0.15) is 47.2 Å².